The molecule has 0 saturated carbocycles. The molecule has 0 amide bonds. The first-order chi connectivity index (χ1) is 14.0. The summed E-state index contributed by atoms with van der Waals surface area (Å²) < 4.78 is 12.1. The van der Waals surface area contributed by atoms with Crippen LogP contribution in [-0.2, 0) is 22.5 Å². The van der Waals surface area contributed by atoms with Crippen LogP contribution in [0.5, 0.6) is 5.75 Å². The largest absolute Gasteiger partial charge is 0.497 e. The molecule has 0 atom stereocenters. The van der Waals surface area contributed by atoms with E-state index in [0.29, 0.717) is 47.8 Å². The predicted octanol–water partition coefficient (Wildman–Crippen LogP) is 3.50. The molecule has 1 N–H and O–H groups in total. The van der Waals surface area contributed by atoms with Crippen molar-refractivity contribution in [1.82, 2.24) is 9.55 Å². The zero-order valence-electron chi connectivity index (χ0n) is 16.7. The van der Waals surface area contributed by atoms with Crippen LogP contribution in [0.1, 0.15) is 23.5 Å². The summed E-state index contributed by atoms with van der Waals surface area (Å²) in [6, 6.07) is 7.60. The lowest BCUT2D eigenvalue weighted by molar-refractivity contribution is -0.137. The Morgan fingerprint density at radius 1 is 1.31 bits per heavy atom. The van der Waals surface area contributed by atoms with Gasteiger partial charge in [0.25, 0.3) is 5.56 Å². The normalized spacial score (nSPS) is 11.1. The first-order valence-electron chi connectivity index (χ1n) is 9.34. The summed E-state index contributed by atoms with van der Waals surface area (Å²) in [6.07, 6.45) is 0.847. The number of hydrogen-bond acceptors (Lipinski definition) is 6. The summed E-state index contributed by atoms with van der Waals surface area (Å²) in [6.45, 7) is 2.72. The lowest BCUT2D eigenvalue weighted by Crippen LogP contribution is -2.26. The van der Waals surface area contributed by atoms with Gasteiger partial charge in [0.15, 0.2) is 0 Å². The number of carboxylic acids is 1. The molecule has 0 aliphatic heterocycles. The zero-order chi connectivity index (χ0) is 21.0. The van der Waals surface area contributed by atoms with Crippen molar-refractivity contribution in [1.29, 1.82) is 0 Å². The zero-order valence-corrected chi connectivity index (χ0v) is 17.5. The smallest absolute Gasteiger partial charge is 0.303 e. The molecule has 2 heterocycles. The van der Waals surface area contributed by atoms with Gasteiger partial charge >= 0.3 is 5.97 Å². The number of aryl methyl sites for hydroxylation is 1. The first kappa shape index (κ1) is 21.0. The number of carbonyl (C=O) groups is 1. The Kier molecular flexibility index (Phi) is 6.66. The molecule has 0 unspecified atom stereocenters. The van der Waals surface area contributed by atoms with E-state index in [1.165, 1.54) is 11.3 Å². The molecule has 0 fully saturated rings. The lowest BCUT2D eigenvalue weighted by Gasteiger charge is -2.12. The average molecular weight is 416 g/mol. The Balaban J connectivity index is 2.17. The molecule has 154 valence electrons. The summed E-state index contributed by atoms with van der Waals surface area (Å²) in [5.74, 6) is 0.454. The van der Waals surface area contributed by atoms with E-state index in [2.05, 4.69) is 0 Å². The van der Waals surface area contributed by atoms with Crippen LogP contribution < -0.4 is 10.3 Å². The van der Waals surface area contributed by atoms with Crippen LogP contribution in [-0.4, -0.2) is 41.5 Å². The maximum absolute atomic E-state index is 13.5. The number of benzene rings is 1. The number of aliphatic carboxylic acids is 1. The topological polar surface area (TPSA) is 90.7 Å². The highest BCUT2D eigenvalue weighted by Crippen LogP contribution is 2.37. The summed E-state index contributed by atoms with van der Waals surface area (Å²) in [7, 11) is 3.21. The molecule has 0 spiro atoms. The highest BCUT2D eigenvalue weighted by atomic mass is 32.1. The van der Waals surface area contributed by atoms with Crippen molar-refractivity contribution < 1.29 is 19.4 Å². The Bertz CT molecular complexity index is 1090. The van der Waals surface area contributed by atoms with Gasteiger partial charge in [-0.25, -0.2) is 4.98 Å². The second kappa shape index (κ2) is 9.19. The van der Waals surface area contributed by atoms with E-state index in [1.54, 1.807) is 18.8 Å². The Labute approximate surface area is 172 Å². The minimum atomic E-state index is -0.881. The first-order valence-corrected chi connectivity index (χ1v) is 10.2. The van der Waals surface area contributed by atoms with Crippen LogP contribution in [0.15, 0.2) is 29.1 Å². The van der Waals surface area contributed by atoms with E-state index in [1.807, 2.05) is 31.2 Å². The second-order valence-corrected chi connectivity index (χ2v) is 7.87. The third kappa shape index (κ3) is 4.49. The van der Waals surface area contributed by atoms with Crippen LogP contribution in [0, 0.1) is 6.92 Å². The van der Waals surface area contributed by atoms with Crippen LogP contribution in [0.4, 0.5) is 0 Å². The highest BCUT2D eigenvalue weighted by molar-refractivity contribution is 7.19. The van der Waals surface area contributed by atoms with Crippen molar-refractivity contribution in [3.63, 3.8) is 0 Å². The fraction of sp³-hybridized carbons (Fsp3) is 0.381. The van der Waals surface area contributed by atoms with Gasteiger partial charge in [0, 0.05) is 36.9 Å². The fourth-order valence-electron chi connectivity index (χ4n) is 3.37. The SMILES string of the molecule is COCCc1nc2sc(C)c(-c3cccc(OC)c3)c2c(=O)n1CCCC(=O)O. The van der Waals surface area contributed by atoms with Gasteiger partial charge < -0.3 is 14.6 Å². The lowest BCUT2D eigenvalue weighted by atomic mass is 10.0. The molecule has 0 saturated heterocycles. The van der Waals surface area contributed by atoms with Gasteiger partial charge in [-0.05, 0) is 31.0 Å². The van der Waals surface area contributed by atoms with Crippen LogP contribution in [0.2, 0.25) is 0 Å². The molecule has 2 aromatic heterocycles. The molecule has 0 bridgehead atoms. The minimum Gasteiger partial charge on any atom is -0.497 e. The Hall–Kier alpha value is -2.71. The number of thiophene rings is 1. The van der Waals surface area contributed by atoms with Gasteiger partial charge in [0.1, 0.15) is 16.4 Å². The number of fused-ring (bicyclic) bond motifs is 1. The highest BCUT2D eigenvalue weighted by Gasteiger charge is 2.20. The molecule has 3 aromatic rings. The summed E-state index contributed by atoms with van der Waals surface area (Å²) in [4.78, 5) is 30.8. The van der Waals surface area contributed by atoms with Gasteiger partial charge in [-0.2, -0.15) is 0 Å². The van der Waals surface area contributed by atoms with E-state index in [-0.39, 0.29) is 12.0 Å². The Morgan fingerprint density at radius 3 is 2.79 bits per heavy atom. The maximum atomic E-state index is 13.5. The van der Waals surface area contributed by atoms with Crippen LogP contribution in [0.25, 0.3) is 21.3 Å². The van der Waals surface area contributed by atoms with Crippen LogP contribution >= 0.6 is 11.3 Å². The second-order valence-electron chi connectivity index (χ2n) is 6.67. The van der Waals surface area contributed by atoms with Gasteiger partial charge in [0.2, 0.25) is 0 Å². The number of ether oxygens (including phenoxy) is 2. The molecule has 0 radical (unpaired) electrons. The fourth-order valence-corrected chi connectivity index (χ4v) is 4.42. The van der Waals surface area contributed by atoms with Crippen molar-refractivity contribution in [2.24, 2.45) is 0 Å². The number of carboxylic acid groups (broad SMARTS) is 1. The molecular formula is C21H24N2O5S. The average Bonchev–Trinajstić information content (AvgIpc) is 3.04. The molecule has 7 nitrogen and oxygen atoms in total. The molecular weight excluding hydrogens is 392 g/mol. The summed E-state index contributed by atoms with van der Waals surface area (Å²) in [5.41, 5.74) is 1.61. The minimum absolute atomic E-state index is 0.000396. The molecule has 29 heavy (non-hydrogen) atoms. The number of rotatable bonds is 9. The monoisotopic (exact) mass is 416 g/mol. The third-order valence-corrected chi connectivity index (χ3v) is 5.73. The standard InChI is InChI=1S/C21H24N2O5S/c1-13-18(14-6-4-7-15(12-14)28-3)19-20(29-13)22-16(9-11-27-2)23(21(19)26)10-5-8-17(24)25/h4,6-7,12H,5,8-11H2,1-3H3,(H,24,25). The Morgan fingerprint density at radius 2 is 2.10 bits per heavy atom. The maximum Gasteiger partial charge on any atom is 0.303 e. The quantitative estimate of drug-likeness (QED) is 0.574. The number of nitrogens with zero attached hydrogens (tertiary/aromatic N) is 2. The molecule has 1 aromatic carbocycles. The van der Waals surface area contributed by atoms with E-state index >= 15 is 0 Å². The number of hydrogen-bond donors (Lipinski definition) is 1. The van der Waals surface area contributed by atoms with Gasteiger partial charge in [-0.15, -0.1) is 11.3 Å². The van der Waals surface area contributed by atoms with Crippen molar-refractivity contribution in [3.05, 3.63) is 45.3 Å². The van der Waals surface area contributed by atoms with Crippen molar-refractivity contribution >= 4 is 27.5 Å². The van der Waals surface area contributed by atoms with E-state index in [0.717, 1.165) is 16.0 Å². The van der Waals surface area contributed by atoms with E-state index in [4.69, 9.17) is 19.6 Å². The summed E-state index contributed by atoms with van der Waals surface area (Å²) >= 11 is 1.49. The van der Waals surface area contributed by atoms with E-state index < -0.39 is 5.97 Å². The van der Waals surface area contributed by atoms with Crippen molar-refractivity contribution in [2.45, 2.75) is 32.7 Å². The van der Waals surface area contributed by atoms with Gasteiger partial charge in [0.05, 0.1) is 19.1 Å². The van der Waals surface area contributed by atoms with Gasteiger partial charge in [-0.3, -0.25) is 14.2 Å². The van der Waals surface area contributed by atoms with Crippen molar-refractivity contribution in [3.8, 4) is 16.9 Å². The van der Waals surface area contributed by atoms with Crippen molar-refractivity contribution in [2.75, 3.05) is 20.8 Å². The van der Waals surface area contributed by atoms with Crippen LogP contribution in [0.3, 0.4) is 0 Å². The van der Waals surface area contributed by atoms with E-state index in [9.17, 15) is 9.59 Å². The summed E-state index contributed by atoms with van der Waals surface area (Å²) in [5, 5.41) is 9.52. The molecule has 3 rings (SSSR count). The number of methoxy groups -OCH3 is 2. The van der Waals surface area contributed by atoms with Gasteiger partial charge in [-0.1, -0.05) is 12.1 Å². The molecule has 0 aliphatic rings. The third-order valence-electron chi connectivity index (χ3n) is 4.73. The molecule has 8 heteroatoms. The molecule has 0 aliphatic carbocycles. The number of aromatic nitrogens is 2. The predicted molar refractivity (Wildman–Crippen MR) is 113 cm³/mol.